The van der Waals surface area contributed by atoms with Crippen molar-refractivity contribution in [1.29, 1.82) is 0 Å². The summed E-state index contributed by atoms with van der Waals surface area (Å²) in [7, 11) is 0. The van der Waals surface area contributed by atoms with Gasteiger partial charge in [0.1, 0.15) is 11.1 Å². The van der Waals surface area contributed by atoms with E-state index >= 15 is 0 Å². The first-order valence-corrected chi connectivity index (χ1v) is 8.09. The first-order valence-electron chi connectivity index (χ1n) is 7.27. The van der Waals surface area contributed by atoms with Gasteiger partial charge in [-0.05, 0) is 31.9 Å². The van der Waals surface area contributed by atoms with Crippen molar-refractivity contribution in [2.75, 3.05) is 5.32 Å². The Balaban J connectivity index is 1.47. The summed E-state index contributed by atoms with van der Waals surface area (Å²) < 4.78 is 11.5. The fraction of sp³-hybridized carbons (Fsp3) is 0.400. The van der Waals surface area contributed by atoms with Crippen LogP contribution in [0.1, 0.15) is 30.7 Å². The number of aromatic nitrogens is 2. The van der Waals surface area contributed by atoms with Gasteiger partial charge in [-0.3, -0.25) is 10.1 Å². The van der Waals surface area contributed by atoms with E-state index < -0.39 is 6.10 Å². The average Bonchev–Trinajstić information content (AvgIpc) is 3.27. The molecule has 0 saturated heterocycles. The highest BCUT2D eigenvalue weighted by Gasteiger charge is 2.35. The van der Waals surface area contributed by atoms with Crippen molar-refractivity contribution >= 4 is 22.4 Å². The molecule has 1 saturated carbocycles. The number of rotatable bonds is 3. The van der Waals surface area contributed by atoms with E-state index in [1.807, 2.05) is 25.1 Å². The molecule has 2 aromatic rings. The van der Waals surface area contributed by atoms with Crippen LogP contribution in [0.3, 0.4) is 0 Å². The Labute approximate surface area is 131 Å². The molecule has 1 aromatic carbocycles. The predicted octanol–water partition coefficient (Wildman–Crippen LogP) is 2.58. The number of fused-ring (bicyclic) bond motifs is 1. The largest absolute Gasteiger partial charge is 0.482 e. The third kappa shape index (κ3) is 2.52. The molecule has 2 aliphatic rings. The summed E-state index contributed by atoms with van der Waals surface area (Å²) in [6.45, 7) is 1.82. The van der Waals surface area contributed by atoms with Crippen LogP contribution in [0.25, 0.3) is 0 Å². The Morgan fingerprint density at radius 2 is 1.95 bits per heavy atom. The summed E-state index contributed by atoms with van der Waals surface area (Å²) in [4.78, 5) is 12.4. The lowest BCUT2D eigenvalue weighted by Gasteiger charge is -2.30. The van der Waals surface area contributed by atoms with Crippen LogP contribution < -0.4 is 14.8 Å². The average molecular weight is 317 g/mol. The van der Waals surface area contributed by atoms with Crippen molar-refractivity contribution in [1.82, 2.24) is 10.2 Å². The second-order valence-electron chi connectivity index (χ2n) is 5.52. The Kier molecular flexibility index (Phi) is 3.22. The standard InChI is InChI=1S/C15H15N3O3S/c1-8-12(21-11-5-3-2-4-10(11)20-8)13(19)16-15-18-17-14(22-15)9-6-7-9/h2-5,8-9,12H,6-7H2,1H3,(H,16,18,19)/t8-,12+/m1/s1. The van der Waals surface area contributed by atoms with Crippen LogP contribution in [-0.4, -0.2) is 28.3 Å². The van der Waals surface area contributed by atoms with Crippen LogP contribution in [0, 0.1) is 0 Å². The molecule has 4 rings (SSSR count). The molecule has 1 fully saturated rings. The lowest BCUT2D eigenvalue weighted by molar-refractivity contribution is -0.128. The van der Waals surface area contributed by atoms with Crippen molar-refractivity contribution in [3.63, 3.8) is 0 Å². The molecule has 6 nitrogen and oxygen atoms in total. The SMILES string of the molecule is C[C@H]1Oc2ccccc2O[C@@H]1C(=O)Nc1nnc(C2CC2)s1. The van der Waals surface area contributed by atoms with Gasteiger partial charge in [-0.1, -0.05) is 23.5 Å². The molecule has 0 bridgehead atoms. The highest BCUT2D eigenvalue weighted by atomic mass is 32.1. The van der Waals surface area contributed by atoms with Crippen LogP contribution in [0.4, 0.5) is 5.13 Å². The van der Waals surface area contributed by atoms with Gasteiger partial charge in [-0.15, -0.1) is 10.2 Å². The number of hydrogen-bond acceptors (Lipinski definition) is 6. The van der Waals surface area contributed by atoms with E-state index in [4.69, 9.17) is 9.47 Å². The highest BCUT2D eigenvalue weighted by Crippen LogP contribution is 2.42. The minimum Gasteiger partial charge on any atom is -0.482 e. The number of benzene rings is 1. The fourth-order valence-electron chi connectivity index (χ4n) is 2.36. The molecule has 7 heteroatoms. The summed E-state index contributed by atoms with van der Waals surface area (Å²) >= 11 is 1.43. The minimum atomic E-state index is -0.705. The smallest absolute Gasteiger partial charge is 0.271 e. The molecule has 0 spiro atoms. The van der Waals surface area contributed by atoms with Gasteiger partial charge in [-0.25, -0.2) is 0 Å². The van der Waals surface area contributed by atoms with Crippen LogP contribution in [0.15, 0.2) is 24.3 Å². The van der Waals surface area contributed by atoms with Gasteiger partial charge in [0.25, 0.3) is 5.91 Å². The first kappa shape index (κ1) is 13.5. The van der Waals surface area contributed by atoms with Crippen LogP contribution in [-0.2, 0) is 4.79 Å². The third-order valence-electron chi connectivity index (χ3n) is 3.70. The van der Waals surface area contributed by atoms with Crippen molar-refractivity contribution < 1.29 is 14.3 Å². The number of para-hydroxylation sites is 2. The summed E-state index contributed by atoms with van der Waals surface area (Å²) in [6.07, 6.45) is 1.25. The number of carbonyl (C=O) groups is 1. The van der Waals surface area contributed by atoms with E-state index in [-0.39, 0.29) is 12.0 Å². The van der Waals surface area contributed by atoms with Crippen LogP contribution in [0.2, 0.25) is 0 Å². The summed E-state index contributed by atoms with van der Waals surface area (Å²) in [5, 5.41) is 12.4. The van der Waals surface area contributed by atoms with Gasteiger partial charge in [0, 0.05) is 5.92 Å². The number of nitrogens with one attached hydrogen (secondary N) is 1. The Morgan fingerprint density at radius 1 is 1.23 bits per heavy atom. The van der Waals surface area contributed by atoms with E-state index in [1.54, 1.807) is 6.07 Å². The molecule has 1 N–H and O–H groups in total. The quantitative estimate of drug-likeness (QED) is 0.942. The Bertz CT molecular complexity index is 714. The Morgan fingerprint density at radius 3 is 2.68 bits per heavy atom. The topological polar surface area (TPSA) is 73.3 Å². The molecule has 1 aliphatic heterocycles. The maximum atomic E-state index is 12.4. The van der Waals surface area contributed by atoms with E-state index in [0.29, 0.717) is 22.5 Å². The molecule has 2 atom stereocenters. The van der Waals surface area contributed by atoms with Crippen LogP contribution in [0.5, 0.6) is 11.5 Å². The predicted molar refractivity (Wildman–Crippen MR) is 81.5 cm³/mol. The lowest BCUT2D eigenvalue weighted by atomic mass is 10.1. The van der Waals surface area contributed by atoms with E-state index in [1.165, 1.54) is 11.3 Å². The van der Waals surface area contributed by atoms with E-state index in [2.05, 4.69) is 15.5 Å². The van der Waals surface area contributed by atoms with Crippen molar-refractivity contribution in [3.8, 4) is 11.5 Å². The minimum absolute atomic E-state index is 0.263. The molecule has 114 valence electrons. The summed E-state index contributed by atoms with van der Waals surface area (Å²) in [5.41, 5.74) is 0. The number of hydrogen-bond donors (Lipinski definition) is 1. The molecule has 0 unspecified atom stereocenters. The molecule has 1 aliphatic carbocycles. The van der Waals surface area contributed by atoms with Crippen LogP contribution >= 0.6 is 11.3 Å². The Hall–Kier alpha value is -2.15. The van der Waals surface area contributed by atoms with Crippen molar-refractivity contribution in [2.24, 2.45) is 0 Å². The molecule has 1 aromatic heterocycles. The number of ether oxygens (including phenoxy) is 2. The highest BCUT2D eigenvalue weighted by molar-refractivity contribution is 7.15. The van der Waals surface area contributed by atoms with Gasteiger partial charge in [0.05, 0.1) is 0 Å². The maximum Gasteiger partial charge on any atom is 0.271 e. The van der Waals surface area contributed by atoms with Gasteiger partial charge in [-0.2, -0.15) is 0 Å². The fourth-order valence-corrected chi connectivity index (χ4v) is 3.28. The van der Waals surface area contributed by atoms with Gasteiger partial charge in [0.2, 0.25) is 11.2 Å². The second-order valence-corrected chi connectivity index (χ2v) is 6.53. The molecule has 1 amide bonds. The lowest BCUT2D eigenvalue weighted by Crippen LogP contribution is -2.46. The van der Waals surface area contributed by atoms with Gasteiger partial charge in [0.15, 0.2) is 11.5 Å². The molecule has 2 heterocycles. The van der Waals surface area contributed by atoms with Crippen molar-refractivity contribution in [2.45, 2.75) is 37.9 Å². The van der Waals surface area contributed by atoms with E-state index in [0.717, 1.165) is 17.8 Å². The zero-order valence-corrected chi connectivity index (χ0v) is 12.8. The number of nitrogens with zero attached hydrogens (tertiary/aromatic N) is 2. The first-order chi connectivity index (χ1) is 10.7. The molecular formula is C15H15N3O3S. The normalized spacial score (nSPS) is 23.1. The van der Waals surface area contributed by atoms with Crippen molar-refractivity contribution in [3.05, 3.63) is 29.3 Å². The zero-order valence-electron chi connectivity index (χ0n) is 12.0. The number of amides is 1. The number of carbonyl (C=O) groups excluding carboxylic acids is 1. The van der Waals surface area contributed by atoms with Gasteiger partial charge < -0.3 is 9.47 Å². The molecular weight excluding hydrogens is 302 g/mol. The van der Waals surface area contributed by atoms with E-state index in [9.17, 15) is 4.79 Å². The molecule has 0 radical (unpaired) electrons. The molecule has 22 heavy (non-hydrogen) atoms. The maximum absolute atomic E-state index is 12.4. The third-order valence-corrected chi connectivity index (χ3v) is 4.70. The summed E-state index contributed by atoms with van der Waals surface area (Å²) in [6, 6.07) is 7.33. The number of anilines is 1. The van der Waals surface area contributed by atoms with Gasteiger partial charge >= 0.3 is 0 Å². The summed E-state index contributed by atoms with van der Waals surface area (Å²) in [5.74, 6) is 1.51. The monoisotopic (exact) mass is 317 g/mol. The zero-order chi connectivity index (χ0) is 15.1. The second kappa shape index (κ2) is 5.24.